The van der Waals surface area contributed by atoms with E-state index in [2.05, 4.69) is 0 Å². The maximum Gasteiger partial charge on any atom is 0.417 e. The number of ether oxygens (including phenoxy) is 1. The molecule has 1 aromatic carbocycles. The summed E-state index contributed by atoms with van der Waals surface area (Å²) < 4.78 is 42.9. The summed E-state index contributed by atoms with van der Waals surface area (Å²) in [5.41, 5.74) is -0.652. The van der Waals surface area contributed by atoms with Crippen molar-refractivity contribution in [3.8, 4) is 5.75 Å². The fourth-order valence-corrected chi connectivity index (χ4v) is 1.71. The summed E-state index contributed by atoms with van der Waals surface area (Å²) in [4.78, 5) is 0. The SMILES string of the molecule is CC(C)Oc1ccc(I)c(C(F)(F)F)c1. The van der Waals surface area contributed by atoms with Gasteiger partial charge in [-0.1, -0.05) is 0 Å². The van der Waals surface area contributed by atoms with Gasteiger partial charge in [0.05, 0.1) is 11.7 Å². The summed E-state index contributed by atoms with van der Waals surface area (Å²) in [5, 5.41) is 0. The van der Waals surface area contributed by atoms with Gasteiger partial charge in [-0.2, -0.15) is 13.2 Å². The van der Waals surface area contributed by atoms with Crippen LogP contribution < -0.4 is 4.74 Å². The minimum absolute atomic E-state index is 0.133. The van der Waals surface area contributed by atoms with Gasteiger partial charge in [-0.05, 0) is 54.6 Å². The molecule has 0 aliphatic rings. The van der Waals surface area contributed by atoms with Gasteiger partial charge in [0.25, 0.3) is 0 Å². The Morgan fingerprint density at radius 3 is 2.33 bits per heavy atom. The topological polar surface area (TPSA) is 9.23 Å². The van der Waals surface area contributed by atoms with Crippen LogP contribution in [0.1, 0.15) is 19.4 Å². The lowest BCUT2D eigenvalue weighted by Crippen LogP contribution is -2.10. The van der Waals surface area contributed by atoms with Crippen molar-refractivity contribution in [3.63, 3.8) is 0 Å². The molecule has 1 rings (SSSR count). The first kappa shape index (κ1) is 12.6. The van der Waals surface area contributed by atoms with Crippen LogP contribution in [0.15, 0.2) is 18.2 Å². The van der Waals surface area contributed by atoms with Crippen LogP contribution in [0.2, 0.25) is 0 Å². The Bertz CT molecular complexity index is 347. The molecule has 15 heavy (non-hydrogen) atoms. The zero-order valence-corrected chi connectivity index (χ0v) is 10.4. The van der Waals surface area contributed by atoms with Gasteiger partial charge in [-0.3, -0.25) is 0 Å². The monoisotopic (exact) mass is 330 g/mol. The Kier molecular flexibility index (Phi) is 3.86. The molecule has 0 aliphatic carbocycles. The van der Waals surface area contributed by atoms with E-state index in [0.717, 1.165) is 6.07 Å². The first-order chi connectivity index (χ1) is 6.80. The van der Waals surface area contributed by atoms with Crippen molar-refractivity contribution in [2.24, 2.45) is 0 Å². The lowest BCUT2D eigenvalue weighted by Gasteiger charge is -2.13. The first-order valence-corrected chi connectivity index (χ1v) is 5.42. The van der Waals surface area contributed by atoms with E-state index in [9.17, 15) is 13.2 Å². The van der Waals surface area contributed by atoms with Crippen molar-refractivity contribution in [2.45, 2.75) is 26.1 Å². The predicted octanol–water partition coefficient (Wildman–Crippen LogP) is 4.10. The number of hydrogen-bond donors (Lipinski definition) is 0. The minimum atomic E-state index is -4.33. The molecule has 0 atom stereocenters. The molecule has 0 aromatic heterocycles. The molecule has 0 aliphatic heterocycles. The van der Waals surface area contributed by atoms with Crippen molar-refractivity contribution < 1.29 is 17.9 Å². The molecule has 0 saturated heterocycles. The Hall–Kier alpha value is -0.460. The van der Waals surface area contributed by atoms with E-state index >= 15 is 0 Å². The summed E-state index contributed by atoms with van der Waals surface area (Å²) >= 11 is 1.66. The first-order valence-electron chi connectivity index (χ1n) is 4.34. The van der Waals surface area contributed by atoms with Gasteiger partial charge in [0.1, 0.15) is 5.75 Å². The number of benzene rings is 1. The summed E-state index contributed by atoms with van der Waals surface area (Å²) in [6.45, 7) is 3.54. The Morgan fingerprint density at radius 2 is 1.87 bits per heavy atom. The maximum absolute atomic E-state index is 12.5. The van der Waals surface area contributed by atoms with Crippen LogP contribution in [-0.4, -0.2) is 6.10 Å². The van der Waals surface area contributed by atoms with E-state index in [0.29, 0.717) is 0 Å². The molecule has 1 aromatic rings. The Morgan fingerprint density at radius 1 is 1.27 bits per heavy atom. The van der Waals surface area contributed by atoms with E-state index in [1.807, 2.05) is 0 Å². The van der Waals surface area contributed by atoms with Gasteiger partial charge in [0, 0.05) is 3.57 Å². The van der Waals surface area contributed by atoms with Crippen LogP contribution in [0.4, 0.5) is 13.2 Å². The number of hydrogen-bond acceptors (Lipinski definition) is 1. The third kappa shape index (κ3) is 3.55. The molecule has 0 amide bonds. The average Bonchev–Trinajstić information content (AvgIpc) is 2.05. The molecule has 0 saturated carbocycles. The molecule has 1 nitrogen and oxygen atoms in total. The normalized spacial score (nSPS) is 11.9. The van der Waals surface area contributed by atoms with E-state index in [1.165, 1.54) is 12.1 Å². The van der Waals surface area contributed by atoms with Crippen LogP contribution in [0.25, 0.3) is 0 Å². The second-order valence-corrected chi connectivity index (χ2v) is 4.47. The van der Waals surface area contributed by atoms with Crippen LogP contribution >= 0.6 is 22.6 Å². The van der Waals surface area contributed by atoms with Crippen molar-refractivity contribution >= 4 is 22.6 Å². The molecular weight excluding hydrogens is 320 g/mol. The lowest BCUT2D eigenvalue weighted by molar-refractivity contribution is -0.138. The summed E-state index contributed by atoms with van der Waals surface area (Å²) in [5.74, 6) is 0.248. The van der Waals surface area contributed by atoms with Crippen molar-refractivity contribution in [2.75, 3.05) is 0 Å². The highest BCUT2D eigenvalue weighted by atomic mass is 127. The average molecular weight is 330 g/mol. The van der Waals surface area contributed by atoms with Crippen molar-refractivity contribution in [1.29, 1.82) is 0 Å². The van der Waals surface area contributed by atoms with Gasteiger partial charge >= 0.3 is 6.18 Å². The van der Waals surface area contributed by atoms with Crippen molar-refractivity contribution in [3.05, 3.63) is 27.3 Å². The van der Waals surface area contributed by atoms with E-state index in [1.54, 1.807) is 36.4 Å². The molecular formula is C10H10F3IO. The van der Waals surface area contributed by atoms with E-state index in [4.69, 9.17) is 4.74 Å². The highest BCUT2D eigenvalue weighted by molar-refractivity contribution is 14.1. The standard InChI is InChI=1S/C10H10F3IO/c1-6(2)15-7-3-4-9(14)8(5-7)10(11,12)13/h3-6H,1-2H3. The Labute approximate surface area is 99.8 Å². The molecule has 0 N–H and O–H groups in total. The second-order valence-electron chi connectivity index (χ2n) is 3.31. The van der Waals surface area contributed by atoms with Gasteiger partial charge in [0.2, 0.25) is 0 Å². The minimum Gasteiger partial charge on any atom is -0.491 e. The molecule has 0 radical (unpaired) electrons. The fourth-order valence-electron chi connectivity index (χ4n) is 1.07. The van der Waals surface area contributed by atoms with Gasteiger partial charge in [-0.25, -0.2) is 0 Å². The van der Waals surface area contributed by atoms with E-state index in [-0.39, 0.29) is 15.4 Å². The van der Waals surface area contributed by atoms with Crippen LogP contribution in [-0.2, 0) is 6.18 Å². The lowest BCUT2D eigenvalue weighted by atomic mass is 10.2. The smallest absolute Gasteiger partial charge is 0.417 e. The molecule has 0 heterocycles. The van der Waals surface area contributed by atoms with E-state index < -0.39 is 11.7 Å². The second kappa shape index (κ2) is 4.59. The number of rotatable bonds is 2. The van der Waals surface area contributed by atoms with Crippen LogP contribution in [0, 0.1) is 3.57 Å². The summed E-state index contributed by atoms with van der Waals surface area (Å²) in [7, 11) is 0. The highest BCUT2D eigenvalue weighted by Gasteiger charge is 2.33. The maximum atomic E-state index is 12.5. The molecule has 0 fully saturated rings. The molecule has 0 spiro atoms. The highest BCUT2D eigenvalue weighted by Crippen LogP contribution is 2.35. The third-order valence-electron chi connectivity index (χ3n) is 1.62. The summed E-state index contributed by atoms with van der Waals surface area (Å²) in [6.07, 6.45) is -4.46. The number of alkyl halides is 3. The summed E-state index contributed by atoms with van der Waals surface area (Å²) in [6, 6.07) is 3.97. The van der Waals surface area contributed by atoms with Gasteiger partial charge < -0.3 is 4.74 Å². The third-order valence-corrected chi connectivity index (χ3v) is 2.56. The molecule has 0 unspecified atom stereocenters. The quantitative estimate of drug-likeness (QED) is 0.742. The largest absolute Gasteiger partial charge is 0.491 e. The van der Waals surface area contributed by atoms with Gasteiger partial charge in [-0.15, -0.1) is 0 Å². The predicted molar refractivity (Wildman–Crippen MR) is 59.9 cm³/mol. The fraction of sp³-hybridized carbons (Fsp3) is 0.400. The molecule has 5 heteroatoms. The molecule has 84 valence electrons. The van der Waals surface area contributed by atoms with Gasteiger partial charge in [0.15, 0.2) is 0 Å². The van der Waals surface area contributed by atoms with Crippen LogP contribution in [0.3, 0.4) is 0 Å². The Balaban J connectivity index is 3.06. The van der Waals surface area contributed by atoms with Crippen molar-refractivity contribution in [1.82, 2.24) is 0 Å². The number of halogens is 4. The zero-order valence-electron chi connectivity index (χ0n) is 8.23. The zero-order chi connectivity index (χ0) is 11.6. The van der Waals surface area contributed by atoms with Crippen LogP contribution in [0.5, 0.6) is 5.75 Å². The molecule has 0 bridgehead atoms.